The van der Waals surface area contributed by atoms with Gasteiger partial charge in [-0.2, -0.15) is 0 Å². The lowest BCUT2D eigenvalue weighted by molar-refractivity contribution is -0.143. The first-order valence-electron chi connectivity index (χ1n) is 10.6. The minimum absolute atomic E-state index is 0.00690. The molecule has 0 unspecified atom stereocenters. The Morgan fingerprint density at radius 2 is 1.59 bits per heavy atom. The summed E-state index contributed by atoms with van der Waals surface area (Å²) >= 11 is 0. The number of ketones is 1. The molecule has 0 saturated carbocycles. The molecule has 0 atom stereocenters. The van der Waals surface area contributed by atoms with E-state index in [0.717, 1.165) is 0 Å². The fraction of sp³-hybridized carbons (Fsp3) is 0.231. The van der Waals surface area contributed by atoms with Gasteiger partial charge in [-0.3, -0.25) is 9.59 Å². The highest BCUT2D eigenvalue weighted by atomic mass is 16.5. The van der Waals surface area contributed by atoms with E-state index in [2.05, 4.69) is 0 Å². The Hall–Kier alpha value is -4.04. The summed E-state index contributed by atoms with van der Waals surface area (Å²) in [6.07, 6.45) is 5.43. The van der Waals surface area contributed by atoms with Gasteiger partial charge in [-0.1, -0.05) is 24.3 Å². The summed E-state index contributed by atoms with van der Waals surface area (Å²) in [4.78, 5) is 24.7. The van der Waals surface area contributed by atoms with E-state index < -0.39 is 11.8 Å². The first kappa shape index (κ1) is 26.2. The number of phenols is 2. The molecule has 0 bridgehead atoms. The molecule has 0 aliphatic carbocycles. The van der Waals surface area contributed by atoms with Gasteiger partial charge in [0.05, 0.1) is 20.3 Å². The number of hydrogen-bond donors (Lipinski definition) is 4. The van der Waals surface area contributed by atoms with Crippen molar-refractivity contribution in [1.82, 2.24) is 0 Å². The van der Waals surface area contributed by atoms with E-state index in [-0.39, 0.29) is 54.6 Å². The largest absolute Gasteiger partial charge is 0.508 e. The summed E-state index contributed by atoms with van der Waals surface area (Å²) < 4.78 is 9.97. The third kappa shape index (κ3) is 7.53. The number of aliphatic hydroxyl groups is 2. The Labute approximate surface area is 197 Å². The Morgan fingerprint density at radius 1 is 0.941 bits per heavy atom. The molecule has 4 N–H and O–H groups in total. The van der Waals surface area contributed by atoms with E-state index in [0.29, 0.717) is 16.7 Å². The van der Waals surface area contributed by atoms with Crippen molar-refractivity contribution in [2.24, 2.45) is 0 Å². The van der Waals surface area contributed by atoms with Gasteiger partial charge in [0.15, 0.2) is 17.3 Å². The molecule has 180 valence electrons. The first-order chi connectivity index (χ1) is 16.3. The van der Waals surface area contributed by atoms with E-state index in [1.54, 1.807) is 25.1 Å². The molecule has 34 heavy (non-hydrogen) atoms. The molecule has 0 radical (unpaired) electrons. The number of allylic oxidation sites excluding steroid dienone is 3. The lowest BCUT2D eigenvalue weighted by Crippen LogP contribution is -2.08. The van der Waals surface area contributed by atoms with Gasteiger partial charge in [0, 0.05) is 17.6 Å². The highest BCUT2D eigenvalue weighted by Gasteiger charge is 2.15. The quantitative estimate of drug-likeness (QED) is 0.168. The molecular formula is C26H28O8. The number of aromatic hydroxyl groups is 2. The fourth-order valence-electron chi connectivity index (χ4n) is 3.02. The van der Waals surface area contributed by atoms with Gasteiger partial charge >= 0.3 is 5.97 Å². The number of benzene rings is 2. The number of hydrogen-bond acceptors (Lipinski definition) is 8. The molecule has 0 aromatic heterocycles. The molecular weight excluding hydrogens is 440 g/mol. The van der Waals surface area contributed by atoms with Crippen molar-refractivity contribution in [2.75, 3.05) is 13.7 Å². The second-order valence-corrected chi connectivity index (χ2v) is 7.18. The second kappa shape index (κ2) is 12.9. The van der Waals surface area contributed by atoms with Gasteiger partial charge in [0.25, 0.3) is 0 Å². The van der Waals surface area contributed by atoms with Crippen molar-refractivity contribution < 1.29 is 39.5 Å². The normalized spacial score (nSPS) is 12.1. The van der Waals surface area contributed by atoms with E-state index in [4.69, 9.17) is 9.47 Å². The van der Waals surface area contributed by atoms with Crippen LogP contribution in [0.5, 0.6) is 17.2 Å². The summed E-state index contributed by atoms with van der Waals surface area (Å²) in [6, 6.07) is 9.09. The fourth-order valence-corrected chi connectivity index (χ4v) is 3.02. The van der Waals surface area contributed by atoms with Gasteiger partial charge in [0.1, 0.15) is 11.5 Å². The minimum Gasteiger partial charge on any atom is -0.508 e. The zero-order chi connectivity index (χ0) is 25.1. The maximum atomic E-state index is 12.9. The molecule has 0 heterocycles. The summed E-state index contributed by atoms with van der Waals surface area (Å²) in [5.74, 6) is -1.18. The summed E-state index contributed by atoms with van der Waals surface area (Å²) in [7, 11) is 1.41. The lowest BCUT2D eigenvalue weighted by Gasteiger charge is -2.07. The minimum atomic E-state index is -0.520. The highest BCUT2D eigenvalue weighted by Crippen LogP contribution is 2.27. The average molecular weight is 469 g/mol. The van der Waals surface area contributed by atoms with E-state index in [1.165, 1.54) is 49.6 Å². The number of rotatable bonds is 11. The summed E-state index contributed by atoms with van der Waals surface area (Å²) in [6.45, 7) is 1.51. The summed E-state index contributed by atoms with van der Waals surface area (Å²) in [5, 5.41) is 39.3. The number of carbonyl (C=O) groups is 2. The third-order valence-electron chi connectivity index (χ3n) is 4.83. The third-order valence-corrected chi connectivity index (χ3v) is 4.83. The monoisotopic (exact) mass is 468 g/mol. The van der Waals surface area contributed by atoms with Crippen LogP contribution in [0.2, 0.25) is 0 Å². The molecule has 0 fully saturated rings. The van der Waals surface area contributed by atoms with Crippen LogP contribution in [0, 0.1) is 0 Å². The maximum Gasteiger partial charge on any atom is 0.306 e. The molecule has 2 aromatic carbocycles. The molecule has 0 spiro atoms. The number of phenolic OH excluding ortho intramolecular Hbond substituents is 1. The average Bonchev–Trinajstić information content (AvgIpc) is 2.83. The summed E-state index contributed by atoms with van der Waals surface area (Å²) in [5.41, 5.74) is 1.48. The van der Waals surface area contributed by atoms with E-state index in [9.17, 15) is 30.0 Å². The van der Waals surface area contributed by atoms with E-state index in [1.807, 2.05) is 0 Å². The second-order valence-electron chi connectivity index (χ2n) is 7.18. The standard InChI is InChI=1S/C26H28O8/c1-3-34-26(32)13-8-20(22(29)10-5-17-4-9-21(28)19(14-17)16-27)23(30)11-6-18-7-12-24(31)25(15-18)33-2/h4-7,9-12,14-15,27-28,30-31H,3,8,13,16H2,1-2H3/b10-5+,11-6+,23-20-. The zero-order valence-corrected chi connectivity index (χ0v) is 19.0. The van der Waals surface area contributed by atoms with Crippen LogP contribution >= 0.6 is 0 Å². The molecule has 0 aliphatic rings. The molecule has 2 rings (SSSR count). The van der Waals surface area contributed by atoms with Crippen molar-refractivity contribution in [3.05, 3.63) is 76.6 Å². The van der Waals surface area contributed by atoms with Gasteiger partial charge in [0.2, 0.25) is 0 Å². The molecule has 0 saturated heterocycles. The zero-order valence-electron chi connectivity index (χ0n) is 19.0. The number of ether oxygens (including phenoxy) is 2. The molecule has 8 nitrogen and oxygen atoms in total. The number of aliphatic hydroxyl groups excluding tert-OH is 2. The smallest absolute Gasteiger partial charge is 0.306 e. The van der Waals surface area contributed by atoms with Crippen molar-refractivity contribution in [1.29, 1.82) is 0 Å². The SMILES string of the molecule is CCOC(=O)CC/C(C(=O)/C=C/c1ccc(O)c(CO)c1)=C(O)\C=C\c1ccc(O)c(OC)c1. The van der Waals surface area contributed by atoms with Crippen LogP contribution in [0.3, 0.4) is 0 Å². The Bertz CT molecular complexity index is 1110. The van der Waals surface area contributed by atoms with Crippen LogP contribution in [0.1, 0.15) is 36.5 Å². The van der Waals surface area contributed by atoms with Crippen LogP contribution < -0.4 is 4.74 Å². The molecule has 2 aromatic rings. The van der Waals surface area contributed by atoms with Gasteiger partial charge in [-0.25, -0.2) is 0 Å². The van der Waals surface area contributed by atoms with Crippen LogP contribution in [0.25, 0.3) is 12.2 Å². The first-order valence-corrected chi connectivity index (χ1v) is 10.6. The van der Waals surface area contributed by atoms with Gasteiger partial charge in [-0.15, -0.1) is 0 Å². The highest BCUT2D eigenvalue weighted by molar-refractivity contribution is 6.07. The van der Waals surface area contributed by atoms with Crippen molar-refractivity contribution in [3.63, 3.8) is 0 Å². The van der Waals surface area contributed by atoms with Crippen LogP contribution in [0.15, 0.2) is 59.9 Å². The Balaban J connectivity index is 2.32. The van der Waals surface area contributed by atoms with Crippen molar-refractivity contribution in [2.45, 2.75) is 26.4 Å². The molecule has 8 heteroatoms. The maximum absolute atomic E-state index is 12.9. The van der Waals surface area contributed by atoms with Crippen LogP contribution in [0.4, 0.5) is 0 Å². The van der Waals surface area contributed by atoms with Crippen molar-refractivity contribution >= 4 is 23.9 Å². The Morgan fingerprint density at radius 3 is 2.24 bits per heavy atom. The van der Waals surface area contributed by atoms with E-state index >= 15 is 0 Å². The van der Waals surface area contributed by atoms with Crippen LogP contribution in [-0.2, 0) is 20.9 Å². The van der Waals surface area contributed by atoms with Gasteiger partial charge < -0.3 is 29.9 Å². The number of carbonyl (C=O) groups excluding carboxylic acids is 2. The molecule has 0 amide bonds. The molecule has 0 aliphatic heterocycles. The predicted molar refractivity (Wildman–Crippen MR) is 127 cm³/mol. The van der Waals surface area contributed by atoms with Crippen molar-refractivity contribution in [3.8, 4) is 17.2 Å². The lowest BCUT2D eigenvalue weighted by atomic mass is 10.0. The number of methoxy groups -OCH3 is 1. The Kier molecular flexibility index (Phi) is 9.91. The van der Waals surface area contributed by atoms with Crippen LogP contribution in [-0.4, -0.2) is 45.9 Å². The topological polar surface area (TPSA) is 134 Å². The van der Waals surface area contributed by atoms with Gasteiger partial charge in [-0.05, 0) is 60.9 Å². The number of esters is 1. The predicted octanol–water partition coefficient (Wildman–Crippen LogP) is 4.05.